The van der Waals surface area contributed by atoms with Gasteiger partial charge in [0.2, 0.25) is 11.8 Å². The van der Waals surface area contributed by atoms with E-state index in [0.29, 0.717) is 11.4 Å². The van der Waals surface area contributed by atoms with Gasteiger partial charge in [-0.15, -0.1) is 0 Å². The zero-order valence-electron chi connectivity index (χ0n) is 20.0. The fraction of sp³-hybridized carbons (Fsp3) is 0.207. The Kier molecular flexibility index (Phi) is 4.60. The van der Waals surface area contributed by atoms with Gasteiger partial charge in [0, 0.05) is 7.05 Å². The van der Waals surface area contributed by atoms with E-state index in [0.717, 1.165) is 27.2 Å². The summed E-state index contributed by atoms with van der Waals surface area (Å²) in [4.78, 5) is 43.7. The van der Waals surface area contributed by atoms with Crippen molar-refractivity contribution in [3.63, 3.8) is 0 Å². The second kappa shape index (κ2) is 7.42. The highest BCUT2D eigenvalue weighted by atomic mass is 79.9. The average molecular weight is 619 g/mol. The van der Waals surface area contributed by atoms with E-state index < -0.39 is 26.0 Å². The van der Waals surface area contributed by atoms with Crippen molar-refractivity contribution >= 4 is 49.4 Å². The van der Waals surface area contributed by atoms with Gasteiger partial charge in [-0.05, 0) is 41.3 Å². The lowest BCUT2D eigenvalue weighted by Gasteiger charge is -2.55. The summed E-state index contributed by atoms with van der Waals surface area (Å²) in [6.45, 7) is 1.77. The monoisotopic (exact) mass is 617 g/mol. The minimum Gasteiger partial charge on any atom is -0.283 e. The number of para-hydroxylation sites is 1. The van der Waals surface area contributed by atoms with Gasteiger partial charge < -0.3 is 0 Å². The number of benzene rings is 3. The SMILES string of the molecule is Cc1c(N2C(=O)[C@@H]3[C@H](C2=O)C2(Br)c4ccccc4C3(Br)c3ccccc32)c(=O)n(-c2ccccc2)n1C. The van der Waals surface area contributed by atoms with Crippen LogP contribution in [0.3, 0.4) is 0 Å². The van der Waals surface area contributed by atoms with Gasteiger partial charge in [0.25, 0.3) is 5.56 Å². The number of imide groups is 1. The zero-order valence-corrected chi connectivity index (χ0v) is 23.2. The smallest absolute Gasteiger partial charge is 0.283 e. The molecule has 4 aromatic rings. The fourth-order valence-corrected chi connectivity index (χ4v) is 9.00. The summed E-state index contributed by atoms with van der Waals surface area (Å²) in [5, 5.41) is 0. The van der Waals surface area contributed by atoms with Crippen molar-refractivity contribution < 1.29 is 9.59 Å². The van der Waals surface area contributed by atoms with E-state index in [9.17, 15) is 14.4 Å². The van der Waals surface area contributed by atoms with Crippen molar-refractivity contribution in [2.24, 2.45) is 18.9 Å². The number of rotatable bonds is 2. The maximum Gasteiger partial charge on any atom is 0.296 e. The Labute approximate surface area is 229 Å². The van der Waals surface area contributed by atoms with Crippen LogP contribution in [0.4, 0.5) is 5.69 Å². The molecule has 8 rings (SSSR count). The van der Waals surface area contributed by atoms with E-state index in [1.165, 1.54) is 4.68 Å². The average Bonchev–Trinajstić information content (AvgIpc) is 3.31. The van der Waals surface area contributed by atoms with E-state index in [1.54, 1.807) is 18.7 Å². The van der Waals surface area contributed by atoms with Crippen LogP contribution in [0.1, 0.15) is 27.9 Å². The van der Waals surface area contributed by atoms with Crippen LogP contribution in [-0.4, -0.2) is 21.2 Å². The van der Waals surface area contributed by atoms with E-state index in [-0.39, 0.29) is 17.5 Å². The molecule has 1 saturated heterocycles. The van der Waals surface area contributed by atoms with E-state index in [4.69, 9.17) is 0 Å². The molecule has 2 heterocycles. The molecule has 0 radical (unpaired) electrons. The first-order chi connectivity index (χ1) is 17.7. The van der Waals surface area contributed by atoms with Gasteiger partial charge in [-0.2, -0.15) is 0 Å². The summed E-state index contributed by atoms with van der Waals surface area (Å²) in [5.74, 6) is -2.20. The van der Waals surface area contributed by atoms with Crippen LogP contribution in [-0.2, 0) is 25.3 Å². The van der Waals surface area contributed by atoms with Crippen LogP contribution < -0.4 is 10.5 Å². The molecular weight excluding hydrogens is 598 g/mol. The number of carbonyl (C=O) groups excluding carboxylic acids is 2. The summed E-state index contributed by atoms with van der Waals surface area (Å²) < 4.78 is 1.40. The Morgan fingerprint density at radius 2 is 1.08 bits per heavy atom. The van der Waals surface area contributed by atoms with Gasteiger partial charge in [0.05, 0.1) is 31.9 Å². The molecule has 0 saturated carbocycles. The Bertz CT molecular complexity index is 1600. The second-order valence-electron chi connectivity index (χ2n) is 9.89. The highest BCUT2D eigenvalue weighted by Crippen LogP contribution is 2.70. The molecule has 4 aliphatic rings. The Morgan fingerprint density at radius 1 is 0.676 bits per heavy atom. The summed E-state index contributed by atoms with van der Waals surface area (Å²) in [6, 6.07) is 25.1. The molecule has 1 aromatic heterocycles. The lowest BCUT2D eigenvalue weighted by molar-refractivity contribution is -0.122. The molecule has 0 N–H and O–H groups in total. The van der Waals surface area contributed by atoms with Gasteiger partial charge >= 0.3 is 0 Å². The number of nitrogens with zero attached hydrogens (tertiary/aromatic N) is 3. The predicted molar refractivity (Wildman–Crippen MR) is 148 cm³/mol. The maximum absolute atomic E-state index is 14.4. The summed E-state index contributed by atoms with van der Waals surface area (Å²) in [6.07, 6.45) is 0. The normalized spacial score (nSPS) is 27.3. The molecule has 2 amide bonds. The van der Waals surface area contributed by atoms with Gasteiger partial charge in [0.15, 0.2) is 0 Å². The summed E-state index contributed by atoms with van der Waals surface area (Å²) in [5.41, 5.74) is 4.75. The van der Waals surface area contributed by atoms with Crippen LogP contribution in [0.15, 0.2) is 83.7 Å². The van der Waals surface area contributed by atoms with E-state index in [2.05, 4.69) is 31.9 Å². The molecule has 6 nitrogen and oxygen atoms in total. The third-order valence-corrected chi connectivity index (χ3v) is 11.0. The third-order valence-electron chi connectivity index (χ3n) is 8.33. The second-order valence-corrected chi connectivity index (χ2v) is 12.4. The van der Waals surface area contributed by atoms with Gasteiger partial charge in [-0.25, -0.2) is 9.58 Å². The Morgan fingerprint density at radius 3 is 1.51 bits per heavy atom. The molecule has 8 heteroatoms. The van der Waals surface area contributed by atoms with Crippen LogP contribution in [0, 0.1) is 18.8 Å². The van der Waals surface area contributed by atoms with Gasteiger partial charge in [0.1, 0.15) is 5.69 Å². The highest BCUT2D eigenvalue weighted by molar-refractivity contribution is 9.10. The largest absolute Gasteiger partial charge is 0.296 e. The number of hydrogen-bond donors (Lipinski definition) is 0. The predicted octanol–water partition coefficient (Wildman–Crippen LogP) is 4.89. The summed E-state index contributed by atoms with van der Waals surface area (Å²) >= 11 is 8.03. The first kappa shape index (κ1) is 22.9. The number of carbonyl (C=O) groups is 2. The molecular formula is C29H21Br2N3O3. The molecule has 3 aliphatic carbocycles. The molecule has 184 valence electrons. The number of anilines is 1. The van der Waals surface area contributed by atoms with Crippen LogP contribution in [0.2, 0.25) is 0 Å². The first-order valence-corrected chi connectivity index (χ1v) is 13.6. The van der Waals surface area contributed by atoms with Crippen LogP contribution in [0.5, 0.6) is 0 Å². The minimum absolute atomic E-state index is 0.107. The van der Waals surface area contributed by atoms with Crippen molar-refractivity contribution in [2.45, 2.75) is 15.6 Å². The zero-order chi connectivity index (χ0) is 25.9. The van der Waals surface area contributed by atoms with Crippen molar-refractivity contribution in [2.75, 3.05) is 4.90 Å². The van der Waals surface area contributed by atoms with Crippen molar-refractivity contribution in [1.29, 1.82) is 0 Å². The molecule has 2 bridgehead atoms. The molecule has 37 heavy (non-hydrogen) atoms. The van der Waals surface area contributed by atoms with E-state index >= 15 is 0 Å². The summed E-state index contributed by atoms with van der Waals surface area (Å²) in [7, 11) is 1.76. The van der Waals surface area contributed by atoms with Gasteiger partial charge in [-0.3, -0.25) is 19.1 Å². The highest BCUT2D eigenvalue weighted by Gasteiger charge is 2.73. The number of alkyl halides is 2. The van der Waals surface area contributed by atoms with Crippen molar-refractivity contribution in [3.05, 3.63) is 117 Å². The van der Waals surface area contributed by atoms with Gasteiger partial charge in [-0.1, -0.05) is 98.6 Å². The lowest BCUT2D eigenvalue weighted by Crippen LogP contribution is -2.56. The third kappa shape index (κ3) is 2.53. The van der Waals surface area contributed by atoms with Crippen LogP contribution in [0.25, 0.3) is 5.69 Å². The van der Waals surface area contributed by atoms with Crippen LogP contribution >= 0.6 is 31.9 Å². The first-order valence-electron chi connectivity index (χ1n) is 12.0. The number of hydrogen-bond acceptors (Lipinski definition) is 3. The quantitative estimate of drug-likeness (QED) is 0.237. The Balaban J connectivity index is 1.49. The molecule has 0 spiro atoms. The fourth-order valence-electron chi connectivity index (χ4n) is 6.70. The van der Waals surface area contributed by atoms with Crippen molar-refractivity contribution in [3.8, 4) is 5.69 Å². The molecule has 1 aliphatic heterocycles. The standard InChI is InChI=1S/C29H21Br2N3O3/c1-16-24(27(37)34(32(16)2)17-10-4-3-5-11-17)33-25(35)22-23(26(33)36)29(31)19-13-7-6-12-18(19)28(22,30)20-14-8-9-15-21(20)29/h3-15,22-23H,1-2H3/t22-,23+,28?,29?. The number of amides is 2. The number of halogens is 2. The maximum atomic E-state index is 14.4. The van der Waals surface area contributed by atoms with E-state index in [1.807, 2.05) is 78.9 Å². The number of aromatic nitrogens is 2. The molecule has 2 atom stereocenters. The van der Waals surface area contributed by atoms with Crippen molar-refractivity contribution in [1.82, 2.24) is 9.36 Å². The molecule has 1 fully saturated rings. The Hall–Kier alpha value is -3.23. The lowest BCUT2D eigenvalue weighted by atomic mass is 9.54. The molecule has 0 unspecified atom stereocenters. The molecule has 3 aromatic carbocycles. The topological polar surface area (TPSA) is 64.3 Å². The minimum atomic E-state index is -0.900.